The Morgan fingerprint density at radius 3 is 2.52 bits per heavy atom. The molecule has 1 aromatic heterocycles. The van der Waals surface area contributed by atoms with Gasteiger partial charge in [0.2, 0.25) is 5.91 Å². The fourth-order valence-corrected chi connectivity index (χ4v) is 2.02. The van der Waals surface area contributed by atoms with Gasteiger partial charge in [-0.05, 0) is 51.9 Å². The number of nitrogens with one attached hydrogen (secondary N) is 1. The Labute approximate surface area is 129 Å². The molecule has 0 saturated carbocycles. The van der Waals surface area contributed by atoms with Crippen molar-refractivity contribution in [3.05, 3.63) is 29.6 Å². The molecule has 0 aliphatic heterocycles. The van der Waals surface area contributed by atoms with Crippen molar-refractivity contribution < 1.29 is 4.79 Å². The van der Waals surface area contributed by atoms with Crippen LogP contribution in [-0.2, 0) is 10.2 Å². The molecule has 0 bridgehead atoms. The van der Waals surface area contributed by atoms with E-state index in [0.717, 1.165) is 24.2 Å². The van der Waals surface area contributed by atoms with Crippen LogP contribution in [0.5, 0.6) is 0 Å². The van der Waals surface area contributed by atoms with Crippen LogP contribution in [0.15, 0.2) is 18.3 Å². The summed E-state index contributed by atoms with van der Waals surface area (Å²) in [6.45, 7) is 9.71. The van der Waals surface area contributed by atoms with Gasteiger partial charge in [0.15, 0.2) is 0 Å². The van der Waals surface area contributed by atoms with Crippen molar-refractivity contribution in [1.82, 2.24) is 15.2 Å². The molecule has 4 nitrogen and oxygen atoms in total. The van der Waals surface area contributed by atoms with Crippen LogP contribution in [0, 0.1) is 0 Å². The number of hydrogen-bond donors (Lipinski definition) is 1. The molecule has 1 amide bonds. The van der Waals surface area contributed by atoms with Crippen LogP contribution in [0.2, 0.25) is 0 Å². The van der Waals surface area contributed by atoms with Gasteiger partial charge in [-0.3, -0.25) is 9.78 Å². The highest BCUT2D eigenvalue weighted by atomic mass is 16.2. The number of carbonyl (C=O) groups is 1. The van der Waals surface area contributed by atoms with Crippen LogP contribution in [0.3, 0.4) is 0 Å². The summed E-state index contributed by atoms with van der Waals surface area (Å²) in [4.78, 5) is 18.9. The fourth-order valence-electron chi connectivity index (χ4n) is 2.02. The molecule has 0 aromatic carbocycles. The van der Waals surface area contributed by atoms with Gasteiger partial charge in [-0.1, -0.05) is 19.9 Å². The summed E-state index contributed by atoms with van der Waals surface area (Å²) in [5.41, 5.74) is 1.48. The van der Waals surface area contributed by atoms with E-state index in [4.69, 9.17) is 0 Å². The Morgan fingerprint density at radius 1 is 1.38 bits per heavy atom. The van der Waals surface area contributed by atoms with Crippen LogP contribution < -0.4 is 5.32 Å². The minimum atomic E-state index is -0.562. The molecule has 0 aliphatic rings. The molecule has 118 valence electrons. The SMILES string of the molecule is CCC(C)c1ccc(C(C)(C)C(=O)NCCN(C)C)cn1. The summed E-state index contributed by atoms with van der Waals surface area (Å²) in [5.74, 6) is 0.499. The van der Waals surface area contributed by atoms with Crippen LogP contribution in [-0.4, -0.2) is 43.0 Å². The van der Waals surface area contributed by atoms with Crippen molar-refractivity contribution in [2.24, 2.45) is 0 Å². The van der Waals surface area contributed by atoms with Gasteiger partial charge >= 0.3 is 0 Å². The largest absolute Gasteiger partial charge is 0.354 e. The summed E-state index contributed by atoms with van der Waals surface area (Å²) in [6, 6.07) is 4.07. The van der Waals surface area contributed by atoms with Crippen molar-refractivity contribution >= 4 is 5.91 Å². The Balaban J connectivity index is 2.74. The molecule has 4 heteroatoms. The van der Waals surface area contributed by atoms with E-state index in [1.54, 1.807) is 0 Å². The Kier molecular flexibility index (Phi) is 6.34. The maximum Gasteiger partial charge on any atom is 0.230 e. The van der Waals surface area contributed by atoms with Gasteiger partial charge in [0.05, 0.1) is 5.41 Å². The smallest absolute Gasteiger partial charge is 0.230 e. The zero-order valence-corrected chi connectivity index (χ0v) is 14.2. The van der Waals surface area contributed by atoms with E-state index in [9.17, 15) is 4.79 Å². The predicted octanol–water partition coefficient (Wildman–Crippen LogP) is 2.55. The molecule has 1 heterocycles. The molecule has 0 fully saturated rings. The first-order valence-corrected chi connectivity index (χ1v) is 7.68. The molecule has 1 atom stereocenters. The molecular formula is C17H29N3O. The standard InChI is InChI=1S/C17H29N3O/c1-7-13(2)15-9-8-14(12-19-15)17(3,4)16(21)18-10-11-20(5)6/h8-9,12-13H,7,10-11H2,1-6H3,(H,18,21). The second-order valence-electron chi connectivity index (χ2n) is 6.47. The van der Waals surface area contributed by atoms with E-state index in [1.807, 2.05) is 46.3 Å². The molecule has 1 unspecified atom stereocenters. The van der Waals surface area contributed by atoms with E-state index in [-0.39, 0.29) is 5.91 Å². The Hall–Kier alpha value is -1.42. The number of rotatable bonds is 7. The van der Waals surface area contributed by atoms with Gasteiger partial charge < -0.3 is 10.2 Å². The zero-order chi connectivity index (χ0) is 16.0. The molecule has 0 radical (unpaired) electrons. The molecule has 1 aromatic rings. The van der Waals surface area contributed by atoms with Gasteiger partial charge in [0.1, 0.15) is 0 Å². The molecule has 1 rings (SSSR count). The molecule has 0 spiro atoms. The lowest BCUT2D eigenvalue weighted by molar-refractivity contribution is -0.125. The average Bonchev–Trinajstić information content (AvgIpc) is 2.46. The van der Waals surface area contributed by atoms with Crippen LogP contribution in [0.4, 0.5) is 0 Å². The first-order chi connectivity index (χ1) is 9.78. The third-order valence-electron chi connectivity index (χ3n) is 4.04. The van der Waals surface area contributed by atoms with E-state index in [0.29, 0.717) is 12.5 Å². The topological polar surface area (TPSA) is 45.2 Å². The number of nitrogens with zero attached hydrogens (tertiary/aromatic N) is 2. The quantitative estimate of drug-likeness (QED) is 0.839. The zero-order valence-electron chi connectivity index (χ0n) is 14.2. The minimum Gasteiger partial charge on any atom is -0.354 e. The van der Waals surface area contributed by atoms with E-state index in [2.05, 4.69) is 29.0 Å². The minimum absolute atomic E-state index is 0.0439. The van der Waals surface area contributed by atoms with Gasteiger partial charge in [-0.25, -0.2) is 0 Å². The van der Waals surface area contributed by atoms with E-state index >= 15 is 0 Å². The number of hydrogen-bond acceptors (Lipinski definition) is 3. The highest BCUT2D eigenvalue weighted by molar-refractivity contribution is 5.87. The van der Waals surface area contributed by atoms with Gasteiger partial charge in [0.25, 0.3) is 0 Å². The molecule has 0 aliphatic carbocycles. The molecule has 1 N–H and O–H groups in total. The second-order valence-corrected chi connectivity index (χ2v) is 6.47. The Morgan fingerprint density at radius 2 is 2.05 bits per heavy atom. The number of pyridine rings is 1. The van der Waals surface area contributed by atoms with Crippen LogP contribution in [0.1, 0.15) is 51.3 Å². The molecule has 0 saturated heterocycles. The summed E-state index contributed by atoms with van der Waals surface area (Å²) >= 11 is 0. The first kappa shape index (κ1) is 17.6. The van der Waals surface area contributed by atoms with Crippen molar-refractivity contribution in [3.63, 3.8) is 0 Å². The number of carbonyl (C=O) groups excluding carboxylic acids is 1. The number of likely N-dealkylation sites (N-methyl/N-ethyl adjacent to an activating group) is 1. The molecular weight excluding hydrogens is 262 g/mol. The average molecular weight is 291 g/mol. The Bertz CT molecular complexity index is 452. The maximum absolute atomic E-state index is 12.4. The summed E-state index contributed by atoms with van der Waals surface area (Å²) in [5, 5.41) is 2.99. The van der Waals surface area contributed by atoms with Gasteiger partial charge in [-0.15, -0.1) is 0 Å². The maximum atomic E-state index is 12.4. The van der Waals surface area contributed by atoms with E-state index in [1.165, 1.54) is 0 Å². The van der Waals surface area contributed by atoms with Crippen molar-refractivity contribution in [2.45, 2.75) is 45.4 Å². The van der Waals surface area contributed by atoms with Crippen molar-refractivity contribution in [1.29, 1.82) is 0 Å². The van der Waals surface area contributed by atoms with Crippen LogP contribution >= 0.6 is 0 Å². The number of amides is 1. The highest BCUT2D eigenvalue weighted by Crippen LogP contribution is 2.24. The lowest BCUT2D eigenvalue weighted by Crippen LogP contribution is -2.42. The summed E-state index contributed by atoms with van der Waals surface area (Å²) in [7, 11) is 3.99. The van der Waals surface area contributed by atoms with Crippen LogP contribution in [0.25, 0.3) is 0 Å². The van der Waals surface area contributed by atoms with Gasteiger partial charge in [0, 0.05) is 25.0 Å². The lowest BCUT2D eigenvalue weighted by atomic mass is 9.84. The third kappa shape index (κ3) is 4.81. The number of aromatic nitrogens is 1. The van der Waals surface area contributed by atoms with E-state index < -0.39 is 5.41 Å². The summed E-state index contributed by atoms with van der Waals surface area (Å²) < 4.78 is 0. The van der Waals surface area contributed by atoms with Gasteiger partial charge in [-0.2, -0.15) is 0 Å². The monoisotopic (exact) mass is 291 g/mol. The lowest BCUT2D eigenvalue weighted by Gasteiger charge is -2.25. The second kappa shape index (κ2) is 7.55. The van der Waals surface area contributed by atoms with Crippen molar-refractivity contribution in [3.8, 4) is 0 Å². The normalized spacial score (nSPS) is 13.3. The predicted molar refractivity (Wildman–Crippen MR) is 87.5 cm³/mol. The van der Waals surface area contributed by atoms with Crippen molar-refractivity contribution in [2.75, 3.05) is 27.2 Å². The third-order valence-corrected chi connectivity index (χ3v) is 4.04. The first-order valence-electron chi connectivity index (χ1n) is 7.68. The summed E-state index contributed by atoms with van der Waals surface area (Å²) in [6.07, 6.45) is 2.91. The molecule has 21 heavy (non-hydrogen) atoms. The highest BCUT2D eigenvalue weighted by Gasteiger charge is 2.29. The fraction of sp³-hybridized carbons (Fsp3) is 0.647.